The largest absolute Gasteiger partial charge is 0.507 e. The summed E-state index contributed by atoms with van der Waals surface area (Å²) in [7, 11) is 0. The third-order valence-electron chi connectivity index (χ3n) is 6.18. The van der Waals surface area contributed by atoms with Gasteiger partial charge in [0, 0.05) is 0 Å². The van der Waals surface area contributed by atoms with E-state index in [0.29, 0.717) is 5.75 Å². The van der Waals surface area contributed by atoms with Gasteiger partial charge in [-0.1, -0.05) is 124 Å². The first kappa shape index (κ1) is 26.1. The maximum atomic E-state index is 10.9. The highest BCUT2D eigenvalue weighted by molar-refractivity contribution is 5.47. The number of hydrogen-bond donors (Lipinski definition) is 1. The average molecular weight is 403 g/mol. The summed E-state index contributed by atoms with van der Waals surface area (Å²) in [6, 6.07) is 4.58. The maximum Gasteiger partial charge on any atom is 0.122 e. The van der Waals surface area contributed by atoms with Gasteiger partial charge in [0.25, 0.3) is 0 Å². The van der Waals surface area contributed by atoms with E-state index in [2.05, 4.69) is 46.8 Å². The van der Waals surface area contributed by atoms with E-state index in [4.69, 9.17) is 0 Å². The molecule has 29 heavy (non-hydrogen) atoms. The molecule has 1 rings (SSSR count). The second-order valence-corrected chi connectivity index (χ2v) is 10.1. The third kappa shape index (κ3) is 11.1. The van der Waals surface area contributed by atoms with Crippen LogP contribution >= 0.6 is 0 Å². The number of unbranched alkanes of at least 4 members (excludes halogenated alkanes) is 12. The summed E-state index contributed by atoms with van der Waals surface area (Å²) in [5.74, 6) is 0.562. The molecular weight excluding hydrogens is 352 g/mol. The molecule has 0 aliphatic heterocycles. The fourth-order valence-electron chi connectivity index (χ4n) is 4.23. The van der Waals surface area contributed by atoms with Crippen molar-refractivity contribution < 1.29 is 5.11 Å². The fourth-order valence-corrected chi connectivity index (χ4v) is 4.23. The highest BCUT2D eigenvalue weighted by Crippen LogP contribution is 2.35. The van der Waals surface area contributed by atoms with E-state index >= 15 is 0 Å². The second kappa shape index (κ2) is 14.9. The number of phenolic OH excluding ortho intramolecular Hbond substituents is 1. The summed E-state index contributed by atoms with van der Waals surface area (Å²) in [5.41, 5.74) is 3.74. The predicted octanol–water partition coefficient (Wildman–Crippen LogP) is 9.28. The smallest absolute Gasteiger partial charge is 0.122 e. The molecule has 0 aromatic heterocycles. The lowest BCUT2D eigenvalue weighted by atomic mass is 9.82. The van der Waals surface area contributed by atoms with Crippen LogP contribution in [0, 0.1) is 0 Å². The van der Waals surface area contributed by atoms with E-state index in [1.54, 1.807) is 0 Å². The number of phenols is 1. The zero-order valence-electron chi connectivity index (χ0n) is 20.4. The quantitative estimate of drug-likeness (QED) is 0.273. The summed E-state index contributed by atoms with van der Waals surface area (Å²) in [6.07, 6.45) is 20.9. The molecule has 1 aromatic carbocycles. The van der Waals surface area contributed by atoms with Crippen molar-refractivity contribution in [2.24, 2.45) is 0 Å². The Morgan fingerprint density at radius 2 is 1.07 bits per heavy atom. The van der Waals surface area contributed by atoms with Crippen molar-refractivity contribution in [3.63, 3.8) is 0 Å². The van der Waals surface area contributed by atoms with Crippen molar-refractivity contribution in [1.29, 1.82) is 0 Å². The van der Waals surface area contributed by atoms with Gasteiger partial charge in [0.05, 0.1) is 0 Å². The zero-order valence-corrected chi connectivity index (χ0v) is 20.4. The van der Waals surface area contributed by atoms with Gasteiger partial charge in [-0.3, -0.25) is 0 Å². The minimum Gasteiger partial charge on any atom is -0.507 e. The molecule has 0 heterocycles. The molecule has 0 unspecified atom stereocenters. The van der Waals surface area contributed by atoms with Gasteiger partial charge in [-0.25, -0.2) is 0 Å². The molecule has 0 bridgehead atoms. The molecule has 0 spiro atoms. The van der Waals surface area contributed by atoms with E-state index in [1.165, 1.54) is 101 Å². The molecule has 0 saturated carbocycles. The van der Waals surface area contributed by atoms with E-state index in [9.17, 15) is 5.11 Å². The van der Waals surface area contributed by atoms with Crippen LogP contribution in [0.25, 0.3) is 0 Å². The summed E-state index contributed by atoms with van der Waals surface area (Å²) in [4.78, 5) is 0. The molecule has 0 saturated heterocycles. The Balaban J connectivity index is 2.59. The normalized spacial score (nSPS) is 11.9. The molecule has 168 valence electrons. The van der Waals surface area contributed by atoms with Crippen molar-refractivity contribution >= 4 is 0 Å². The minimum atomic E-state index is -0.00481. The van der Waals surface area contributed by atoms with Crippen molar-refractivity contribution in [2.45, 2.75) is 143 Å². The number of aromatic hydroxyl groups is 1. The lowest BCUT2D eigenvalue weighted by Gasteiger charge is -2.23. The first-order chi connectivity index (χ1) is 13.9. The monoisotopic (exact) mass is 402 g/mol. The number of hydrogen-bond acceptors (Lipinski definition) is 1. The number of benzene rings is 1. The van der Waals surface area contributed by atoms with Crippen LogP contribution < -0.4 is 0 Å². The van der Waals surface area contributed by atoms with Crippen LogP contribution in [0.4, 0.5) is 0 Å². The van der Waals surface area contributed by atoms with Gasteiger partial charge in [0.2, 0.25) is 0 Å². The lowest BCUT2D eigenvalue weighted by molar-refractivity contribution is 0.438. The average Bonchev–Trinajstić information content (AvgIpc) is 2.67. The Labute approximate surface area is 182 Å². The van der Waals surface area contributed by atoms with Crippen LogP contribution in [0.15, 0.2) is 12.1 Å². The van der Waals surface area contributed by atoms with E-state index < -0.39 is 0 Å². The van der Waals surface area contributed by atoms with Gasteiger partial charge in [-0.15, -0.1) is 0 Å². The molecule has 1 aromatic rings. The maximum absolute atomic E-state index is 10.9. The Hall–Kier alpha value is -0.980. The van der Waals surface area contributed by atoms with Crippen molar-refractivity contribution in [2.75, 3.05) is 0 Å². The molecule has 1 nitrogen and oxygen atoms in total. The summed E-state index contributed by atoms with van der Waals surface area (Å²) >= 11 is 0. The first-order valence-electron chi connectivity index (χ1n) is 12.7. The van der Waals surface area contributed by atoms with Crippen LogP contribution in [-0.4, -0.2) is 5.11 Å². The van der Waals surface area contributed by atoms with Crippen molar-refractivity contribution in [1.82, 2.24) is 0 Å². The van der Waals surface area contributed by atoms with Crippen LogP contribution in [0.1, 0.15) is 141 Å². The Morgan fingerprint density at radius 1 is 0.621 bits per heavy atom. The van der Waals surface area contributed by atoms with Gasteiger partial charge in [0.15, 0.2) is 0 Å². The summed E-state index contributed by atoms with van der Waals surface area (Å²) < 4.78 is 0. The van der Waals surface area contributed by atoms with Crippen molar-refractivity contribution in [3.05, 3.63) is 28.8 Å². The predicted molar refractivity (Wildman–Crippen MR) is 130 cm³/mol. The molecule has 0 atom stereocenters. The van der Waals surface area contributed by atoms with Gasteiger partial charge in [-0.2, -0.15) is 0 Å². The molecule has 0 fully saturated rings. The van der Waals surface area contributed by atoms with Crippen LogP contribution in [0.5, 0.6) is 5.75 Å². The first-order valence-corrected chi connectivity index (χ1v) is 12.7. The Bertz CT molecular complexity index is 538. The van der Waals surface area contributed by atoms with Crippen LogP contribution in [0.3, 0.4) is 0 Å². The van der Waals surface area contributed by atoms with Gasteiger partial charge >= 0.3 is 0 Å². The summed E-state index contributed by atoms with van der Waals surface area (Å²) in [6.45, 7) is 11.2. The molecule has 0 aliphatic carbocycles. The Morgan fingerprint density at radius 3 is 1.55 bits per heavy atom. The van der Waals surface area contributed by atoms with E-state index in [-0.39, 0.29) is 5.41 Å². The Kier molecular flexibility index (Phi) is 13.4. The zero-order chi connectivity index (χ0) is 21.5. The lowest BCUT2D eigenvalue weighted by Crippen LogP contribution is -2.13. The van der Waals surface area contributed by atoms with E-state index in [0.717, 1.165) is 18.4 Å². The number of rotatable bonds is 16. The molecule has 1 heteroatoms. The number of aryl methyl sites for hydroxylation is 2. The molecule has 0 aliphatic rings. The van der Waals surface area contributed by atoms with Crippen LogP contribution in [-0.2, 0) is 18.3 Å². The topological polar surface area (TPSA) is 20.2 Å². The SMILES string of the molecule is CCCCCCCCCc1cc(CCCCCCCCC)c(O)c(C(C)(C)C)c1. The van der Waals surface area contributed by atoms with Crippen molar-refractivity contribution in [3.8, 4) is 5.75 Å². The van der Waals surface area contributed by atoms with Gasteiger partial charge < -0.3 is 5.11 Å². The highest BCUT2D eigenvalue weighted by Gasteiger charge is 2.21. The molecule has 1 N–H and O–H groups in total. The van der Waals surface area contributed by atoms with Gasteiger partial charge in [-0.05, 0) is 47.8 Å². The highest BCUT2D eigenvalue weighted by atomic mass is 16.3. The molecule has 0 amide bonds. The minimum absolute atomic E-state index is 0.00481. The molecule has 0 radical (unpaired) electrons. The van der Waals surface area contributed by atoms with Crippen LogP contribution in [0.2, 0.25) is 0 Å². The second-order valence-electron chi connectivity index (χ2n) is 10.1. The standard InChI is InChI=1S/C28H50O/c1-6-8-10-12-14-16-18-20-24-22-25(21-19-17-15-13-11-9-7-2)27(29)26(23-24)28(3,4)5/h22-23,29H,6-21H2,1-5H3. The molecular formula is C28H50O. The third-order valence-corrected chi connectivity index (χ3v) is 6.18. The van der Waals surface area contributed by atoms with E-state index in [1.807, 2.05) is 0 Å². The van der Waals surface area contributed by atoms with Gasteiger partial charge in [0.1, 0.15) is 5.75 Å². The summed E-state index contributed by atoms with van der Waals surface area (Å²) in [5, 5.41) is 10.9. The fraction of sp³-hybridized carbons (Fsp3) is 0.786.